The molecule has 3 rings (SSSR count). The number of nitrogens with zero attached hydrogens (tertiary/aromatic N) is 1. The molecule has 1 aromatic carbocycles. The molecule has 0 radical (unpaired) electrons. The van der Waals surface area contributed by atoms with Gasteiger partial charge in [-0.05, 0) is 48.4 Å². The van der Waals surface area contributed by atoms with Gasteiger partial charge in [-0.3, -0.25) is 19.3 Å². The molecule has 3 amide bonds. The quantitative estimate of drug-likeness (QED) is 0.742. The van der Waals surface area contributed by atoms with Crippen LogP contribution in [0.4, 0.5) is 4.79 Å². The Morgan fingerprint density at radius 2 is 2.27 bits per heavy atom. The molecule has 0 spiro atoms. The smallest absolute Gasteiger partial charge is 0.294 e. The summed E-state index contributed by atoms with van der Waals surface area (Å²) in [5.74, 6) is -1.01. The molecule has 7 nitrogen and oxygen atoms in total. The largest absolute Gasteiger partial charge is 0.506 e. The molecule has 2 heterocycles. The maximum Gasteiger partial charge on any atom is 0.294 e. The number of aromatic hydroxyl groups is 1. The average molecular weight is 397 g/mol. The van der Waals surface area contributed by atoms with Gasteiger partial charge in [-0.2, -0.15) is 0 Å². The van der Waals surface area contributed by atoms with Gasteiger partial charge < -0.3 is 15.2 Å². The molecule has 0 aromatic heterocycles. The molecule has 0 aliphatic carbocycles. The van der Waals surface area contributed by atoms with Gasteiger partial charge in [0.15, 0.2) is 0 Å². The van der Waals surface area contributed by atoms with Gasteiger partial charge in [0.25, 0.3) is 11.1 Å². The van der Waals surface area contributed by atoms with Crippen LogP contribution in [0.15, 0.2) is 23.1 Å². The van der Waals surface area contributed by atoms with Crippen LogP contribution >= 0.6 is 23.4 Å². The van der Waals surface area contributed by atoms with E-state index in [1.807, 2.05) is 0 Å². The normalized spacial score (nSPS) is 21.7. The number of carbonyl (C=O) groups excluding carboxylic acids is 3. The SMILES string of the molecule is O=C(CN1C(=O)S/C(=C\c2ccc(O)c(Cl)c2)C1=O)NC[C@@H]1CCCO1. The molecule has 26 heavy (non-hydrogen) atoms. The monoisotopic (exact) mass is 396 g/mol. The van der Waals surface area contributed by atoms with Gasteiger partial charge in [0.2, 0.25) is 5.91 Å². The molecule has 0 unspecified atom stereocenters. The Bertz CT molecular complexity index is 776. The molecule has 2 saturated heterocycles. The molecule has 2 aliphatic rings. The Morgan fingerprint density at radius 3 is 2.96 bits per heavy atom. The molecule has 1 aromatic rings. The van der Waals surface area contributed by atoms with Crippen molar-refractivity contribution in [1.29, 1.82) is 0 Å². The molecular weight excluding hydrogens is 380 g/mol. The zero-order valence-electron chi connectivity index (χ0n) is 13.7. The lowest BCUT2D eigenvalue weighted by atomic mass is 10.2. The Hall–Kier alpha value is -2.03. The highest BCUT2D eigenvalue weighted by Crippen LogP contribution is 2.33. The van der Waals surface area contributed by atoms with Crippen molar-refractivity contribution in [2.24, 2.45) is 0 Å². The topological polar surface area (TPSA) is 95.9 Å². The van der Waals surface area contributed by atoms with Crippen LogP contribution in [0.25, 0.3) is 6.08 Å². The van der Waals surface area contributed by atoms with Gasteiger partial charge in [0, 0.05) is 13.2 Å². The van der Waals surface area contributed by atoms with E-state index in [9.17, 15) is 19.5 Å². The average Bonchev–Trinajstić information content (AvgIpc) is 3.21. The minimum absolute atomic E-state index is 0.00647. The summed E-state index contributed by atoms with van der Waals surface area (Å²) in [4.78, 5) is 37.6. The molecule has 138 valence electrons. The fourth-order valence-corrected chi connectivity index (χ4v) is 3.66. The summed E-state index contributed by atoms with van der Waals surface area (Å²) in [6.45, 7) is 0.734. The van der Waals surface area contributed by atoms with Crippen molar-refractivity contribution < 1.29 is 24.2 Å². The molecule has 2 N–H and O–H groups in total. The van der Waals surface area contributed by atoms with Crippen molar-refractivity contribution >= 4 is 46.5 Å². The summed E-state index contributed by atoms with van der Waals surface area (Å²) in [6.07, 6.45) is 3.35. The molecular formula is C17H17ClN2O5S. The highest BCUT2D eigenvalue weighted by Gasteiger charge is 2.36. The summed E-state index contributed by atoms with van der Waals surface area (Å²) in [5.41, 5.74) is 0.570. The number of benzene rings is 1. The second kappa shape index (κ2) is 8.11. The first-order valence-corrected chi connectivity index (χ1v) is 9.25. The highest BCUT2D eigenvalue weighted by atomic mass is 35.5. The van der Waals surface area contributed by atoms with Gasteiger partial charge in [-0.1, -0.05) is 17.7 Å². The van der Waals surface area contributed by atoms with E-state index in [0.717, 1.165) is 29.5 Å². The van der Waals surface area contributed by atoms with Gasteiger partial charge in [-0.15, -0.1) is 0 Å². The number of amides is 3. The lowest BCUT2D eigenvalue weighted by Crippen LogP contribution is -2.41. The first-order valence-electron chi connectivity index (χ1n) is 8.06. The van der Waals surface area contributed by atoms with Crippen molar-refractivity contribution in [3.63, 3.8) is 0 Å². The van der Waals surface area contributed by atoms with E-state index < -0.39 is 17.1 Å². The lowest BCUT2D eigenvalue weighted by Gasteiger charge is -2.14. The predicted molar refractivity (Wildman–Crippen MR) is 97.8 cm³/mol. The number of halogens is 1. The van der Waals surface area contributed by atoms with Gasteiger partial charge in [0.05, 0.1) is 16.0 Å². The number of rotatable bonds is 5. The second-order valence-corrected chi connectivity index (χ2v) is 7.32. The number of phenols is 1. The van der Waals surface area contributed by atoms with Gasteiger partial charge in [0.1, 0.15) is 12.3 Å². The van der Waals surface area contributed by atoms with Crippen LogP contribution in [-0.2, 0) is 14.3 Å². The van der Waals surface area contributed by atoms with E-state index in [2.05, 4.69) is 5.32 Å². The van der Waals surface area contributed by atoms with Crippen LogP contribution < -0.4 is 5.32 Å². The lowest BCUT2D eigenvalue weighted by molar-refractivity contribution is -0.129. The second-order valence-electron chi connectivity index (χ2n) is 5.92. The van der Waals surface area contributed by atoms with Crippen molar-refractivity contribution in [1.82, 2.24) is 10.2 Å². The van der Waals surface area contributed by atoms with Crippen molar-refractivity contribution in [2.45, 2.75) is 18.9 Å². The summed E-state index contributed by atoms with van der Waals surface area (Å²) >= 11 is 6.60. The minimum Gasteiger partial charge on any atom is -0.506 e. The first-order chi connectivity index (χ1) is 12.4. The van der Waals surface area contributed by atoms with E-state index in [1.54, 1.807) is 6.07 Å². The molecule has 2 fully saturated rings. The fraction of sp³-hybridized carbons (Fsp3) is 0.353. The maximum atomic E-state index is 12.4. The third-order valence-electron chi connectivity index (χ3n) is 4.00. The third-order valence-corrected chi connectivity index (χ3v) is 5.21. The number of thioether (sulfide) groups is 1. The van der Waals surface area contributed by atoms with Crippen LogP contribution in [0.5, 0.6) is 5.75 Å². The van der Waals surface area contributed by atoms with E-state index >= 15 is 0 Å². The number of imide groups is 1. The van der Waals surface area contributed by atoms with Crippen molar-refractivity contribution in [2.75, 3.05) is 19.7 Å². The zero-order valence-corrected chi connectivity index (χ0v) is 15.3. The minimum atomic E-state index is -0.531. The number of carbonyl (C=O) groups is 3. The van der Waals surface area contributed by atoms with E-state index in [4.69, 9.17) is 16.3 Å². The van der Waals surface area contributed by atoms with Crippen molar-refractivity contribution in [3.8, 4) is 5.75 Å². The summed E-state index contributed by atoms with van der Waals surface area (Å²) in [5, 5.41) is 11.8. The standard InChI is InChI=1S/C17H17ClN2O5S/c18-12-6-10(3-4-13(12)21)7-14-16(23)20(17(24)26-14)9-15(22)19-8-11-2-1-5-25-11/h3-4,6-7,11,21H,1-2,5,8-9H2,(H,19,22)/b14-7-/t11-/m0/s1. The Labute approximate surface area is 159 Å². The van der Waals surface area contributed by atoms with Crippen LogP contribution in [0.1, 0.15) is 18.4 Å². The zero-order chi connectivity index (χ0) is 18.7. The fourth-order valence-electron chi connectivity index (χ4n) is 2.63. The van der Waals surface area contributed by atoms with Crippen LogP contribution in [0.2, 0.25) is 5.02 Å². The molecule has 1 atom stereocenters. The number of ether oxygens (including phenoxy) is 1. The number of hydrogen-bond donors (Lipinski definition) is 2. The maximum absolute atomic E-state index is 12.4. The van der Waals surface area contributed by atoms with Gasteiger partial charge in [-0.25, -0.2) is 0 Å². The third kappa shape index (κ3) is 4.38. The highest BCUT2D eigenvalue weighted by molar-refractivity contribution is 8.18. The Morgan fingerprint density at radius 1 is 1.46 bits per heavy atom. The van der Waals surface area contributed by atoms with Gasteiger partial charge >= 0.3 is 0 Å². The molecule has 0 bridgehead atoms. The van der Waals surface area contributed by atoms with E-state index in [1.165, 1.54) is 18.2 Å². The van der Waals surface area contributed by atoms with Crippen LogP contribution in [0.3, 0.4) is 0 Å². The number of nitrogens with one attached hydrogen (secondary N) is 1. The summed E-state index contributed by atoms with van der Waals surface area (Å²) < 4.78 is 5.41. The summed E-state index contributed by atoms with van der Waals surface area (Å²) in [6, 6.07) is 4.46. The molecule has 9 heteroatoms. The number of hydrogen-bond acceptors (Lipinski definition) is 6. The first kappa shape index (κ1) is 18.8. The van der Waals surface area contributed by atoms with Crippen molar-refractivity contribution in [3.05, 3.63) is 33.7 Å². The predicted octanol–water partition coefficient (Wildman–Crippen LogP) is 2.38. The molecule has 0 saturated carbocycles. The Balaban J connectivity index is 1.61. The van der Waals surface area contributed by atoms with E-state index in [0.29, 0.717) is 18.7 Å². The van der Waals surface area contributed by atoms with Crippen LogP contribution in [0, 0.1) is 0 Å². The summed E-state index contributed by atoms with van der Waals surface area (Å²) in [7, 11) is 0. The van der Waals surface area contributed by atoms with Crippen LogP contribution in [-0.4, -0.2) is 52.9 Å². The molecule has 2 aliphatic heterocycles. The number of phenolic OH excluding ortho intramolecular Hbond substituents is 1. The Kier molecular flexibility index (Phi) is 5.85. The van der Waals surface area contributed by atoms with E-state index in [-0.39, 0.29) is 28.3 Å².